The van der Waals surface area contributed by atoms with Gasteiger partial charge < -0.3 is 4.90 Å². The Bertz CT molecular complexity index is 752. The topological polar surface area (TPSA) is 62.3 Å². The molecule has 0 bridgehead atoms. The van der Waals surface area contributed by atoms with Crippen molar-refractivity contribution in [3.8, 4) is 0 Å². The van der Waals surface area contributed by atoms with Gasteiger partial charge in [0.25, 0.3) is 10.0 Å². The van der Waals surface area contributed by atoms with E-state index in [1.165, 1.54) is 0 Å². The fraction of sp³-hybridized carbons (Fsp3) is 0.389. The van der Waals surface area contributed by atoms with E-state index in [0.29, 0.717) is 5.82 Å². The van der Waals surface area contributed by atoms with Gasteiger partial charge in [0.15, 0.2) is 0 Å². The Morgan fingerprint density at radius 2 is 1.79 bits per heavy atom. The summed E-state index contributed by atoms with van der Waals surface area (Å²) in [5, 5.41) is 0. The number of pyridine rings is 1. The zero-order valence-corrected chi connectivity index (χ0v) is 15.3. The van der Waals surface area contributed by atoms with Crippen LogP contribution in [0.15, 0.2) is 47.5 Å². The van der Waals surface area contributed by atoms with Crippen LogP contribution in [-0.4, -0.2) is 26.5 Å². The quantitative estimate of drug-likeness (QED) is 0.788. The van der Waals surface area contributed by atoms with Gasteiger partial charge in [0.2, 0.25) is 0 Å². The van der Waals surface area contributed by atoms with Crippen LogP contribution >= 0.6 is 0 Å². The summed E-state index contributed by atoms with van der Waals surface area (Å²) in [4.78, 5) is 6.76. The van der Waals surface area contributed by atoms with Gasteiger partial charge in [-0.15, -0.1) is 0 Å². The van der Waals surface area contributed by atoms with Crippen LogP contribution in [0, 0.1) is 6.92 Å². The van der Waals surface area contributed by atoms with E-state index in [2.05, 4.69) is 28.5 Å². The molecule has 0 unspecified atom stereocenters. The Hall–Kier alpha value is -2.08. The zero-order chi connectivity index (χ0) is 17.6. The second kappa shape index (κ2) is 8.15. The number of hydrogen-bond acceptors (Lipinski definition) is 4. The van der Waals surface area contributed by atoms with Gasteiger partial charge in [0.1, 0.15) is 5.82 Å². The van der Waals surface area contributed by atoms with Crippen LogP contribution in [0.5, 0.6) is 0 Å². The summed E-state index contributed by atoms with van der Waals surface area (Å²) in [5.41, 5.74) is 1.91. The maximum atomic E-state index is 12.4. The number of nitrogens with zero attached hydrogens (tertiary/aromatic N) is 2. The first kappa shape index (κ1) is 18.3. The Balaban J connectivity index is 2.16. The maximum Gasteiger partial charge on any atom is 0.263 e. The van der Waals surface area contributed by atoms with Crippen molar-refractivity contribution in [3.05, 3.63) is 48.2 Å². The van der Waals surface area contributed by atoms with E-state index >= 15 is 0 Å². The monoisotopic (exact) mass is 347 g/mol. The molecule has 0 amide bonds. The highest BCUT2D eigenvalue weighted by Gasteiger charge is 2.15. The molecular formula is C18H25N3O2S. The van der Waals surface area contributed by atoms with Crippen LogP contribution in [0.2, 0.25) is 0 Å². The molecule has 6 heteroatoms. The summed E-state index contributed by atoms with van der Waals surface area (Å²) >= 11 is 0. The van der Waals surface area contributed by atoms with Gasteiger partial charge >= 0.3 is 0 Å². The van der Waals surface area contributed by atoms with Crippen LogP contribution in [0.25, 0.3) is 0 Å². The number of nitrogens with one attached hydrogen (secondary N) is 1. The molecule has 0 aliphatic heterocycles. The molecule has 24 heavy (non-hydrogen) atoms. The lowest BCUT2D eigenvalue weighted by molar-refractivity contribution is 0.601. The Morgan fingerprint density at radius 1 is 1.08 bits per heavy atom. The van der Waals surface area contributed by atoms with Crippen LogP contribution in [0.3, 0.4) is 0 Å². The van der Waals surface area contributed by atoms with Crippen LogP contribution in [0.4, 0.5) is 11.5 Å². The summed E-state index contributed by atoms with van der Waals surface area (Å²) < 4.78 is 27.4. The third kappa shape index (κ3) is 4.71. The second-order valence-electron chi connectivity index (χ2n) is 5.81. The van der Waals surface area contributed by atoms with Gasteiger partial charge in [0.05, 0.1) is 16.8 Å². The molecule has 0 spiro atoms. The SMILES string of the molecule is CCCN(CCC)c1ccc(NS(=O)(=O)c2cccc(C)c2)nc1. The summed E-state index contributed by atoms with van der Waals surface area (Å²) in [6, 6.07) is 10.4. The van der Waals surface area contributed by atoms with Crippen molar-refractivity contribution in [3.63, 3.8) is 0 Å². The lowest BCUT2D eigenvalue weighted by Gasteiger charge is -2.23. The predicted octanol–water partition coefficient (Wildman–Crippen LogP) is 3.82. The summed E-state index contributed by atoms with van der Waals surface area (Å²) in [7, 11) is -3.62. The van der Waals surface area contributed by atoms with Gasteiger partial charge in [-0.2, -0.15) is 0 Å². The van der Waals surface area contributed by atoms with E-state index in [-0.39, 0.29) is 4.90 Å². The lowest BCUT2D eigenvalue weighted by atomic mass is 10.2. The van der Waals surface area contributed by atoms with Crippen molar-refractivity contribution < 1.29 is 8.42 Å². The zero-order valence-electron chi connectivity index (χ0n) is 14.5. The smallest absolute Gasteiger partial charge is 0.263 e. The van der Waals surface area contributed by atoms with Crippen molar-refractivity contribution in [2.75, 3.05) is 22.7 Å². The summed E-state index contributed by atoms with van der Waals surface area (Å²) in [6.07, 6.45) is 3.84. The molecule has 1 aromatic carbocycles. The maximum absolute atomic E-state index is 12.4. The number of rotatable bonds is 8. The van der Waals surface area contributed by atoms with Gasteiger partial charge in [-0.05, 0) is 49.6 Å². The van der Waals surface area contributed by atoms with Crippen molar-refractivity contribution in [1.82, 2.24) is 4.98 Å². The molecule has 0 radical (unpaired) electrons. The summed E-state index contributed by atoms with van der Waals surface area (Å²) in [6.45, 7) is 8.07. The average molecular weight is 347 g/mol. The van der Waals surface area contributed by atoms with E-state index in [1.54, 1.807) is 30.5 Å². The average Bonchev–Trinajstić information content (AvgIpc) is 2.55. The molecule has 0 saturated heterocycles. The Morgan fingerprint density at radius 3 is 2.33 bits per heavy atom. The van der Waals surface area contributed by atoms with Crippen molar-refractivity contribution in [1.29, 1.82) is 0 Å². The van der Waals surface area contributed by atoms with Gasteiger partial charge in [-0.25, -0.2) is 13.4 Å². The van der Waals surface area contributed by atoms with E-state index < -0.39 is 10.0 Å². The molecule has 0 aliphatic carbocycles. The number of benzene rings is 1. The molecule has 5 nitrogen and oxygen atoms in total. The largest absolute Gasteiger partial charge is 0.370 e. The Labute approximate surface area is 144 Å². The number of anilines is 2. The van der Waals surface area contributed by atoms with E-state index in [4.69, 9.17) is 0 Å². The highest BCUT2D eigenvalue weighted by atomic mass is 32.2. The van der Waals surface area contributed by atoms with Gasteiger partial charge in [-0.3, -0.25) is 4.72 Å². The number of hydrogen-bond donors (Lipinski definition) is 1. The predicted molar refractivity (Wildman–Crippen MR) is 99.0 cm³/mol. The Kier molecular flexibility index (Phi) is 6.20. The van der Waals surface area contributed by atoms with Gasteiger partial charge in [0, 0.05) is 13.1 Å². The third-order valence-electron chi connectivity index (χ3n) is 3.64. The van der Waals surface area contributed by atoms with Crippen molar-refractivity contribution >= 4 is 21.5 Å². The normalized spacial score (nSPS) is 11.3. The van der Waals surface area contributed by atoms with Gasteiger partial charge in [-0.1, -0.05) is 26.0 Å². The van der Waals surface area contributed by atoms with Crippen molar-refractivity contribution in [2.24, 2.45) is 0 Å². The number of aromatic nitrogens is 1. The molecule has 2 rings (SSSR count). The standard InChI is InChI=1S/C18H25N3O2S/c1-4-11-21(12-5-2)16-9-10-18(19-14-16)20-24(22,23)17-8-6-7-15(3)13-17/h6-10,13-14H,4-5,11-12H2,1-3H3,(H,19,20). The van der Waals surface area contributed by atoms with E-state index in [0.717, 1.165) is 37.2 Å². The van der Waals surface area contributed by atoms with Crippen molar-refractivity contribution in [2.45, 2.75) is 38.5 Å². The van der Waals surface area contributed by atoms with Crippen LogP contribution in [0.1, 0.15) is 32.3 Å². The fourth-order valence-corrected chi connectivity index (χ4v) is 3.64. The van der Waals surface area contributed by atoms with Crippen LogP contribution in [-0.2, 0) is 10.0 Å². The highest BCUT2D eigenvalue weighted by Crippen LogP contribution is 2.19. The minimum absolute atomic E-state index is 0.243. The minimum Gasteiger partial charge on any atom is -0.370 e. The molecule has 2 aromatic rings. The molecule has 1 aromatic heterocycles. The molecule has 130 valence electrons. The molecule has 0 fully saturated rings. The minimum atomic E-state index is -3.62. The van der Waals surface area contributed by atoms with E-state index in [9.17, 15) is 8.42 Å². The highest BCUT2D eigenvalue weighted by molar-refractivity contribution is 7.92. The lowest BCUT2D eigenvalue weighted by Crippen LogP contribution is -2.25. The van der Waals surface area contributed by atoms with E-state index in [1.807, 2.05) is 19.1 Å². The van der Waals surface area contributed by atoms with Crippen LogP contribution < -0.4 is 9.62 Å². The fourth-order valence-electron chi connectivity index (χ4n) is 2.52. The first-order chi connectivity index (χ1) is 11.5. The first-order valence-electron chi connectivity index (χ1n) is 8.26. The molecule has 0 saturated carbocycles. The molecule has 0 atom stereocenters. The summed E-state index contributed by atoms with van der Waals surface area (Å²) in [5.74, 6) is 0.327. The second-order valence-corrected chi connectivity index (χ2v) is 7.49. The molecule has 1 N–H and O–H groups in total. The molecule has 0 aliphatic rings. The number of sulfonamides is 1. The molecule has 1 heterocycles. The first-order valence-corrected chi connectivity index (χ1v) is 9.75. The molecular weight excluding hydrogens is 322 g/mol. The number of aryl methyl sites for hydroxylation is 1. The third-order valence-corrected chi connectivity index (χ3v) is 4.99.